The van der Waals surface area contributed by atoms with Gasteiger partial charge in [-0.2, -0.15) is 0 Å². The van der Waals surface area contributed by atoms with Crippen molar-refractivity contribution in [2.24, 2.45) is 0 Å². The maximum Gasteiger partial charge on any atom is 0.413 e. The number of benzene rings is 2. The summed E-state index contributed by atoms with van der Waals surface area (Å²) < 4.78 is 31.1. The number of carbonyl (C=O) groups is 3. The number of esters is 2. The number of carbonyl (C=O) groups excluding carboxylic acids is 3. The minimum atomic E-state index is -0.841. The zero-order valence-corrected chi connectivity index (χ0v) is 20.8. The van der Waals surface area contributed by atoms with Crippen LogP contribution in [-0.4, -0.2) is 63.1 Å². The molecular formula is C25H31NO9. The molecule has 0 aliphatic heterocycles. The molecule has 0 unspecified atom stereocenters. The fourth-order valence-corrected chi connectivity index (χ4v) is 2.98. The largest absolute Gasteiger partial charge is 0.493 e. The fourth-order valence-electron chi connectivity index (χ4n) is 2.98. The summed E-state index contributed by atoms with van der Waals surface area (Å²) in [6.45, 7) is 4.29. The Bertz CT molecular complexity index is 990. The standard InChI is InChI=1S/C25H31NO9/c1-25(2,3)26(14-21(27)33-15-17-10-8-7-9-11-17)24(29)35-16-34-23(28)18-12-19(30-4)22(32-6)20(13-18)31-5/h7-13H,14-16H2,1-6H3. The third kappa shape index (κ3) is 7.80. The number of methoxy groups -OCH3 is 3. The predicted molar refractivity (Wildman–Crippen MR) is 126 cm³/mol. The quantitative estimate of drug-likeness (QED) is 0.363. The van der Waals surface area contributed by atoms with Crippen LogP contribution < -0.4 is 14.2 Å². The summed E-state index contributed by atoms with van der Waals surface area (Å²) in [6, 6.07) is 12.0. The lowest BCUT2D eigenvalue weighted by atomic mass is 10.1. The Morgan fingerprint density at radius 1 is 0.829 bits per heavy atom. The van der Waals surface area contributed by atoms with Gasteiger partial charge in [0.1, 0.15) is 13.2 Å². The molecule has 0 bridgehead atoms. The van der Waals surface area contributed by atoms with Crippen molar-refractivity contribution in [3.63, 3.8) is 0 Å². The molecule has 0 aliphatic carbocycles. The Hall–Kier alpha value is -3.95. The SMILES string of the molecule is COc1cc(C(=O)OCOC(=O)N(CC(=O)OCc2ccccc2)C(C)(C)C)cc(OC)c1OC. The van der Waals surface area contributed by atoms with Gasteiger partial charge in [-0.1, -0.05) is 30.3 Å². The van der Waals surface area contributed by atoms with Crippen molar-refractivity contribution in [3.05, 3.63) is 53.6 Å². The molecule has 2 rings (SSSR count). The van der Waals surface area contributed by atoms with Crippen LogP contribution in [0.5, 0.6) is 17.2 Å². The maximum atomic E-state index is 12.7. The monoisotopic (exact) mass is 489 g/mol. The molecule has 2 aromatic rings. The summed E-state index contributed by atoms with van der Waals surface area (Å²) in [7, 11) is 4.27. The third-order valence-corrected chi connectivity index (χ3v) is 4.83. The van der Waals surface area contributed by atoms with E-state index in [9.17, 15) is 14.4 Å². The van der Waals surface area contributed by atoms with Gasteiger partial charge in [0.2, 0.25) is 12.5 Å². The van der Waals surface area contributed by atoms with Crippen LogP contribution >= 0.6 is 0 Å². The second-order valence-electron chi connectivity index (χ2n) is 8.28. The van der Waals surface area contributed by atoms with Crippen molar-refractivity contribution in [1.82, 2.24) is 4.90 Å². The zero-order chi connectivity index (χ0) is 26.0. The van der Waals surface area contributed by atoms with E-state index in [0.717, 1.165) is 5.56 Å². The van der Waals surface area contributed by atoms with Gasteiger partial charge in [0.15, 0.2) is 11.5 Å². The van der Waals surface area contributed by atoms with Crippen molar-refractivity contribution < 1.29 is 42.8 Å². The molecule has 190 valence electrons. The van der Waals surface area contributed by atoms with Crippen LogP contribution in [0.4, 0.5) is 4.79 Å². The number of rotatable bonds is 10. The average molecular weight is 490 g/mol. The highest BCUT2D eigenvalue weighted by Crippen LogP contribution is 2.38. The van der Waals surface area contributed by atoms with Crippen LogP contribution in [0.2, 0.25) is 0 Å². The second-order valence-corrected chi connectivity index (χ2v) is 8.28. The van der Waals surface area contributed by atoms with Crippen LogP contribution in [-0.2, 0) is 25.6 Å². The normalized spacial score (nSPS) is 10.7. The van der Waals surface area contributed by atoms with E-state index in [1.54, 1.807) is 20.8 Å². The molecule has 0 N–H and O–H groups in total. The van der Waals surface area contributed by atoms with E-state index in [-0.39, 0.29) is 30.2 Å². The number of hydrogen-bond acceptors (Lipinski definition) is 9. The lowest BCUT2D eigenvalue weighted by molar-refractivity contribution is -0.147. The molecule has 0 fully saturated rings. The van der Waals surface area contributed by atoms with Gasteiger partial charge < -0.3 is 28.4 Å². The number of ether oxygens (including phenoxy) is 6. The molecule has 10 nitrogen and oxygen atoms in total. The van der Waals surface area contributed by atoms with E-state index in [1.165, 1.54) is 38.4 Å². The molecule has 0 spiro atoms. The smallest absolute Gasteiger partial charge is 0.413 e. The van der Waals surface area contributed by atoms with Crippen LogP contribution in [0, 0.1) is 0 Å². The van der Waals surface area contributed by atoms with Gasteiger partial charge in [-0.05, 0) is 38.5 Å². The highest BCUT2D eigenvalue weighted by atomic mass is 16.7. The number of amides is 1. The van der Waals surface area contributed by atoms with Gasteiger partial charge in [0.05, 0.1) is 26.9 Å². The van der Waals surface area contributed by atoms with Crippen molar-refractivity contribution in [2.75, 3.05) is 34.7 Å². The van der Waals surface area contributed by atoms with Crippen LogP contribution in [0.25, 0.3) is 0 Å². The maximum absolute atomic E-state index is 12.7. The van der Waals surface area contributed by atoms with E-state index in [4.69, 9.17) is 28.4 Å². The van der Waals surface area contributed by atoms with Gasteiger partial charge in [-0.25, -0.2) is 9.59 Å². The molecule has 0 heterocycles. The van der Waals surface area contributed by atoms with Crippen LogP contribution in [0.15, 0.2) is 42.5 Å². The predicted octanol–water partition coefficient (Wildman–Crippen LogP) is 3.81. The number of nitrogens with zero attached hydrogens (tertiary/aromatic N) is 1. The molecule has 0 atom stereocenters. The van der Waals surface area contributed by atoms with Crippen molar-refractivity contribution in [3.8, 4) is 17.2 Å². The van der Waals surface area contributed by atoms with E-state index in [1.807, 2.05) is 30.3 Å². The first-order valence-electron chi connectivity index (χ1n) is 10.7. The fraction of sp³-hybridized carbons (Fsp3) is 0.400. The summed E-state index contributed by atoms with van der Waals surface area (Å²) in [6.07, 6.45) is -0.841. The highest BCUT2D eigenvalue weighted by molar-refractivity contribution is 5.91. The van der Waals surface area contributed by atoms with Crippen molar-refractivity contribution in [2.45, 2.75) is 32.9 Å². The van der Waals surface area contributed by atoms with Gasteiger partial charge in [0.25, 0.3) is 0 Å². The topological polar surface area (TPSA) is 110 Å². The Morgan fingerprint density at radius 3 is 1.94 bits per heavy atom. The minimum absolute atomic E-state index is 0.0824. The Balaban J connectivity index is 1.96. The summed E-state index contributed by atoms with van der Waals surface area (Å²) in [4.78, 5) is 38.6. The zero-order valence-electron chi connectivity index (χ0n) is 20.8. The lowest BCUT2D eigenvalue weighted by Gasteiger charge is -2.33. The third-order valence-electron chi connectivity index (χ3n) is 4.83. The van der Waals surface area contributed by atoms with Gasteiger partial charge >= 0.3 is 18.0 Å². The van der Waals surface area contributed by atoms with Gasteiger partial charge in [-0.15, -0.1) is 0 Å². The molecule has 2 aromatic carbocycles. The van der Waals surface area contributed by atoms with E-state index < -0.39 is 30.4 Å². The van der Waals surface area contributed by atoms with E-state index in [2.05, 4.69) is 0 Å². The Kier molecular flexibility index (Phi) is 9.74. The molecule has 0 radical (unpaired) electrons. The van der Waals surface area contributed by atoms with Gasteiger partial charge in [0, 0.05) is 5.54 Å². The minimum Gasteiger partial charge on any atom is -0.493 e. The first-order chi connectivity index (χ1) is 16.6. The second kappa shape index (κ2) is 12.5. The van der Waals surface area contributed by atoms with E-state index in [0.29, 0.717) is 5.75 Å². The molecule has 0 saturated carbocycles. The first-order valence-corrected chi connectivity index (χ1v) is 10.7. The lowest BCUT2D eigenvalue weighted by Crippen LogP contribution is -2.49. The molecule has 0 aliphatic rings. The molecule has 0 saturated heterocycles. The molecule has 0 aromatic heterocycles. The average Bonchev–Trinajstić information content (AvgIpc) is 2.84. The van der Waals surface area contributed by atoms with Crippen LogP contribution in [0.3, 0.4) is 0 Å². The highest BCUT2D eigenvalue weighted by Gasteiger charge is 2.31. The van der Waals surface area contributed by atoms with Crippen molar-refractivity contribution in [1.29, 1.82) is 0 Å². The summed E-state index contributed by atoms with van der Waals surface area (Å²) in [5.41, 5.74) is 0.168. The van der Waals surface area contributed by atoms with E-state index >= 15 is 0 Å². The van der Waals surface area contributed by atoms with Crippen LogP contribution in [0.1, 0.15) is 36.7 Å². The van der Waals surface area contributed by atoms with Crippen molar-refractivity contribution >= 4 is 18.0 Å². The summed E-state index contributed by atoms with van der Waals surface area (Å²) in [5.74, 6) is -0.526. The summed E-state index contributed by atoms with van der Waals surface area (Å²) in [5, 5.41) is 0. The molecule has 1 amide bonds. The first kappa shape index (κ1) is 27.3. The summed E-state index contributed by atoms with van der Waals surface area (Å²) >= 11 is 0. The molecular weight excluding hydrogens is 458 g/mol. The Labute approximate surface area is 204 Å². The molecule has 35 heavy (non-hydrogen) atoms. The van der Waals surface area contributed by atoms with Gasteiger partial charge in [-0.3, -0.25) is 9.69 Å². The Morgan fingerprint density at radius 2 is 1.43 bits per heavy atom. The number of hydrogen-bond donors (Lipinski definition) is 0. The molecule has 10 heteroatoms.